The summed E-state index contributed by atoms with van der Waals surface area (Å²) in [4.78, 5) is 12.2. The van der Waals surface area contributed by atoms with E-state index in [9.17, 15) is 52.7 Å². The Morgan fingerprint density at radius 3 is 1.92 bits per heavy atom. The third kappa shape index (κ3) is 6.86. The molecular formula is C22H21F4NO8S3. The summed E-state index contributed by atoms with van der Waals surface area (Å²) in [6.45, 7) is 6.64. The van der Waals surface area contributed by atoms with Crippen LogP contribution in [0.2, 0.25) is 0 Å². The molecule has 16 heteroatoms. The first kappa shape index (κ1) is 31.1. The van der Waals surface area contributed by atoms with Crippen LogP contribution < -0.4 is 5.32 Å². The van der Waals surface area contributed by atoms with Crippen molar-refractivity contribution in [1.29, 1.82) is 0 Å². The molecule has 0 saturated carbocycles. The Labute approximate surface area is 216 Å². The van der Waals surface area contributed by atoms with E-state index in [0.29, 0.717) is 6.07 Å². The zero-order valence-corrected chi connectivity index (χ0v) is 21.9. The molecule has 9 nitrogen and oxygen atoms in total. The summed E-state index contributed by atoms with van der Waals surface area (Å²) in [5.41, 5.74) is -6.34. The van der Waals surface area contributed by atoms with E-state index in [1.807, 2.05) is 5.32 Å². The molecule has 2 aromatic rings. The van der Waals surface area contributed by atoms with Gasteiger partial charge in [0.05, 0.1) is 16.2 Å². The largest absolute Gasteiger partial charge is 0.416 e. The summed E-state index contributed by atoms with van der Waals surface area (Å²) in [6, 6.07) is 4.88. The molecule has 0 radical (unpaired) electrons. The zero-order chi connectivity index (χ0) is 29.3. The molecule has 38 heavy (non-hydrogen) atoms. The van der Waals surface area contributed by atoms with Crippen molar-refractivity contribution >= 4 is 41.1 Å². The van der Waals surface area contributed by atoms with E-state index < -0.39 is 85.1 Å². The van der Waals surface area contributed by atoms with Crippen molar-refractivity contribution in [3.05, 3.63) is 83.4 Å². The maximum Gasteiger partial charge on any atom is 0.416 e. The molecule has 0 aromatic heterocycles. The Balaban J connectivity index is 2.52. The number of alkyl halides is 3. The monoisotopic (exact) mass is 599 g/mol. The number of carbonyl (C=O) groups excluding carboxylic acids is 1. The van der Waals surface area contributed by atoms with Gasteiger partial charge in [-0.25, -0.2) is 29.6 Å². The summed E-state index contributed by atoms with van der Waals surface area (Å²) >= 11 is 0. The summed E-state index contributed by atoms with van der Waals surface area (Å²) < 4.78 is 126. The lowest BCUT2D eigenvalue weighted by Crippen LogP contribution is -2.45. The van der Waals surface area contributed by atoms with E-state index in [1.54, 1.807) is 0 Å². The lowest BCUT2D eigenvalue weighted by molar-refractivity contribution is -0.138. The molecule has 0 heterocycles. The van der Waals surface area contributed by atoms with Gasteiger partial charge in [0.25, 0.3) is 5.91 Å². The number of sulfone groups is 3. The number of benzene rings is 2. The van der Waals surface area contributed by atoms with Gasteiger partial charge in [-0.2, -0.15) is 13.2 Å². The SMILES string of the molecule is C=CS(=O)(=O)C(c1ccc(NC(=O)[C@@](C)(O)CS(=O)(=O)c2ccc(F)cc2)cc1C(F)(F)F)S(=O)(=O)C=C. The zero-order valence-electron chi connectivity index (χ0n) is 19.4. The van der Waals surface area contributed by atoms with E-state index in [-0.39, 0.29) is 16.9 Å². The minimum absolute atomic E-state index is 0.174. The molecule has 0 fully saturated rings. The molecule has 0 saturated heterocycles. The molecule has 208 valence electrons. The van der Waals surface area contributed by atoms with Crippen LogP contribution in [0.1, 0.15) is 22.6 Å². The third-order valence-electron chi connectivity index (χ3n) is 5.06. The number of hydrogen-bond acceptors (Lipinski definition) is 8. The lowest BCUT2D eigenvalue weighted by atomic mass is 10.1. The molecule has 1 atom stereocenters. The maximum absolute atomic E-state index is 13.9. The topological polar surface area (TPSA) is 152 Å². The van der Waals surface area contributed by atoms with Crippen molar-refractivity contribution in [3.8, 4) is 0 Å². The van der Waals surface area contributed by atoms with Gasteiger partial charge in [-0.15, -0.1) is 0 Å². The minimum Gasteiger partial charge on any atom is -0.379 e. The van der Waals surface area contributed by atoms with Gasteiger partial charge in [-0.3, -0.25) is 4.79 Å². The minimum atomic E-state index is -5.32. The normalized spacial score (nSPS) is 14.5. The number of rotatable bonds is 10. The fourth-order valence-electron chi connectivity index (χ4n) is 3.23. The molecule has 0 aliphatic rings. The first-order chi connectivity index (χ1) is 17.2. The van der Waals surface area contributed by atoms with Gasteiger partial charge in [0.1, 0.15) is 5.82 Å². The van der Waals surface area contributed by atoms with Crippen LogP contribution in [0.25, 0.3) is 0 Å². The number of hydrogen-bond donors (Lipinski definition) is 2. The summed E-state index contributed by atoms with van der Waals surface area (Å²) in [5.74, 6) is -3.45. The van der Waals surface area contributed by atoms with Crippen molar-refractivity contribution in [1.82, 2.24) is 0 Å². The van der Waals surface area contributed by atoms with Crippen molar-refractivity contribution in [2.45, 2.75) is 28.2 Å². The molecule has 0 aliphatic carbocycles. The van der Waals surface area contributed by atoms with Crippen LogP contribution in [0.4, 0.5) is 23.2 Å². The summed E-state index contributed by atoms with van der Waals surface area (Å²) in [6.07, 6.45) is -5.32. The molecule has 0 bridgehead atoms. The third-order valence-corrected chi connectivity index (χ3v) is 11.2. The second-order valence-corrected chi connectivity index (χ2v) is 14.3. The van der Waals surface area contributed by atoms with E-state index >= 15 is 0 Å². The van der Waals surface area contributed by atoms with Crippen LogP contribution in [0.3, 0.4) is 0 Å². The van der Waals surface area contributed by atoms with Gasteiger partial charge in [0.2, 0.25) is 0 Å². The number of nitrogens with one attached hydrogen (secondary N) is 1. The average molecular weight is 600 g/mol. The Morgan fingerprint density at radius 2 is 1.47 bits per heavy atom. The van der Waals surface area contributed by atoms with Gasteiger partial charge >= 0.3 is 6.18 Å². The quantitative estimate of drug-likeness (QED) is 0.312. The molecule has 0 aliphatic heterocycles. The highest BCUT2D eigenvalue weighted by Gasteiger charge is 2.44. The maximum atomic E-state index is 13.9. The van der Waals surface area contributed by atoms with Crippen LogP contribution in [-0.2, 0) is 40.5 Å². The number of anilines is 1. The predicted octanol–water partition coefficient (Wildman–Crippen LogP) is 3.12. The van der Waals surface area contributed by atoms with E-state index in [2.05, 4.69) is 13.2 Å². The second-order valence-electron chi connectivity index (χ2n) is 8.08. The van der Waals surface area contributed by atoms with Crippen molar-refractivity contribution in [2.75, 3.05) is 11.1 Å². The van der Waals surface area contributed by atoms with Crippen LogP contribution >= 0.6 is 0 Å². The predicted molar refractivity (Wildman–Crippen MR) is 130 cm³/mol. The number of carbonyl (C=O) groups is 1. The summed E-state index contributed by atoms with van der Waals surface area (Å²) in [5, 5.41) is 12.7. The van der Waals surface area contributed by atoms with Gasteiger partial charge < -0.3 is 10.4 Å². The molecule has 2 aromatic carbocycles. The fourth-order valence-corrected chi connectivity index (χ4v) is 8.25. The highest BCUT2D eigenvalue weighted by molar-refractivity contribution is 8.11. The van der Waals surface area contributed by atoms with Crippen LogP contribution in [0.5, 0.6) is 0 Å². The van der Waals surface area contributed by atoms with Crippen molar-refractivity contribution in [2.24, 2.45) is 0 Å². The lowest BCUT2D eigenvalue weighted by Gasteiger charge is -2.24. The molecule has 1 amide bonds. The fraction of sp³-hybridized carbons (Fsp3) is 0.227. The van der Waals surface area contributed by atoms with Crippen LogP contribution in [-0.4, -0.2) is 47.6 Å². The number of aliphatic hydroxyl groups is 1. The number of amides is 1. The molecule has 2 rings (SSSR count). The molecule has 2 N–H and O–H groups in total. The first-order valence-corrected chi connectivity index (χ1v) is 15.0. The Kier molecular flexibility index (Phi) is 8.68. The first-order valence-electron chi connectivity index (χ1n) is 10.1. The highest BCUT2D eigenvalue weighted by atomic mass is 32.3. The average Bonchev–Trinajstić information content (AvgIpc) is 2.78. The Morgan fingerprint density at radius 1 is 0.974 bits per heavy atom. The molecular weight excluding hydrogens is 578 g/mol. The van der Waals surface area contributed by atoms with Crippen molar-refractivity contribution in [3.63, 3.8) is 0 Å². The standard InChI is InChI=1S/C22H21F4NO8S3/c1-4-36(30,31)19(37(32,33)5-2)17-11-8-15(12-18(17)22(24,25)26)27-20(28)21(3,29)13-38(34,35)16-9-6-14(23)7-10-16/h4-12,19,29H,1-2,13H2,3H3,(H,27,28)/t21-/m0/s1. The van der Waals surface area contributed by atoms with E-state index in [4.69, 9.17) is 0 Å². The van der Waals surface area contributed by atoms with Gasteiger partial charge in [0, 0.05) is 16.5 Å². The highest BCUT2D eigenvalue weighted by Crippen LogP contribution is 2.41. The van der Waals surface area contributed by atoms with Crippen LogP contribution in [0, 0.1) is 5.82 Å². The Bertz CT molecular complexity index is 1540. The van der Waals surface area contributed by atoms with Gasteiger partial charge in [-0.05, 0) is 48.9 Å². The Hall–Kier alpha value is -3.08. The van der Waals surface area contributed by atoms with E-state index in [0.717, 1.165) is 37.3 Å². The van der Waals surface area contributed by atoms with Crippen molar-refractivity contribution < 1.29 is 52.7 Å². The summed E-state index contributed by atoms with van der Waals surface area (Å²) in [7, 11) is -14.1. The van der Waals surface area contributed by atoms with E-state index in [1.165, 1.54) is 0 Å². The molecule has 0 spiro atoms. The van der Waals surface area contributed by atoms with Gasteiger partial charge in [0.15, 0.2) is 39.7 Å². The second kappa shape index (κ2) is 10.6. The van der Waals surface area contributed by atoms with Crippen LogP contribution in [0.15, 0.2) is 71.3 Å². The molecule has 0 unspecified atom stereocenters. The van der Waals surface area contributed by atoms with Gasteiger partial charge in [-0.1, -0.05) is 19.2 Å². The smallest absolute Gasteiger partial charge is 0.379 e. The number of halogens is 4.